The molecule has 0 spiro atoms. The third-order valence-electron chi connectivity index (χ3n) is 3.25. The van der Waals surface area contributed by atoms with Gasteiger partial charge in [0, 0.05) is 21.7 Å². The van der Waals surface area contributed by atoms with Crippen LogP contribution in [0.25, 0.3) is 23.7 Å². The first-order chi connectivity index (χ1) is 11.7. The van der Waals surface area contributed by atoms with E-state index in [9.17, 15) is 0 Å². The number of aromatic nitrogens is 3. The van der Waals surface area contributed by atoms with Crippen molar-refractivity contribution in [3.63, 3.8) is 0 Å². The molecule has 0 bridgehead atoms. The predicted octanol–water partition coefficient (Wildman–Crippen LogP) is 5.63. The minimum Gasteiger partial charge on any atom is -0.238 e. The Morgan fingerprint density at radius 2 is 1.75 bits per heavy atom. The summed E-state index contributed by atoms with van der Waals surface area (Å²) in [6, 6.07) is 13.4. The maximum Gasteiger partial charge on any atom is 0.178 e. The molecule has 0 fully saturated rings. The van der Waals surface area contributed by atoms with E-state index in [1.807, 2.05) is 42.5 Å². The molecule has 3 rings (SSSR count). The van der Waals surface area contributed by atoms with Gasteiger partial charge in [-0.1, -0.05) is 48.7 Å². The van der Waals surface area contributed by atoms with Crippen LogP contribution in [0.15, 0.2) is 71.7 Å². The van der Waals surface area contributed by atoms with Crippen molar-refractivity contribution < 1.29 is 0 Å². The number of benzene rings is 1. The Morgan fingerprint density at radius 3 is 2.46 bits per heavy atom. The highest BCUT2D eigenvalue weighted by Crippen LogP contribution is 2.28. The highest BCUT2D eigenvalue weighted by Gasteiger charge is 2.08. The molecule has 0 aliphatic carbocycles. The molecule has 0 amide bonds. The molecule has 0 atom stereocenters. The van der Waals surface area contributed by atoms with Gasteiger partial charge in [-0.3, -0.25) is 0 Å². The van der Waals surface area contributed by atoms with E-state index in [0.29, 0.717) is 16.5 Å². The molecule has 0 unspecified atom stereocenters. The van der Waals surface area contributed by atoms with Crippen molar-refractivity contribution >= 4 is 35.5 Å². The van der Waals surface area contributed by atoms with Gasteiger partial charge in [0.05, 0.1) is 5.69 Å². The molecular weight excluding hydrogens is 338 g/mol. The van der Waals surface area contributed by atoms with E-state index in [4.69, 9.17) is 11.6 Å². The molecule has 0 saturated carbocycles. The van der Waals surface area contributed by atoms with Gasteiger partial charge in [0.1, 0.15) is 10.7 Å². The zero-order valence-corrected chi connectivity index (χ0v) is 14.4. The van der Waals surface area contributed by atoms with Crippen molar-refractivity contribution in [2.75, 3.05) is 0 Å². The summed E-state index contributed by atoms with van der Waals surface area (Å²) in [6.45, 7) is 7.53. The zero-order chi connectivity index (χ0) is 16.9. The van der Waals surface area contributed by atoms with Crippen LogP contribution in [0.5, 0.6) is 0 Å². The molecule has 24 heavy (non-hydrogen) atoms. The van der Waals surface area contributed by atoms with Gasteiger partial charge in [0.2, 0.25) is 0 Å². The van der Waals surface area contributed by atoms with Crippen LogP contribution in [-0.2, 0) is 0 Å². The van der Waals surface area contributed by atoms with Gasteiger partial charge in [-0.15, -0.1) is 0 Å². The summed E-state index contributed by atoms with van der Waals surface area (Å²) in [4.78, 5) is 14.6. The van der Waals surface area contributed by atoms with Crippen LogP contribution in [0, 0.1) is 0 Å². The molecule has 118 valence electrons. The molecule has 0 aliphatic rings. The van der Waals surface area contributed by atoms with Crippen LogP contribution in [0.4, 0.5) is 0 Å². The van der Waals surface area contributed by atoms with Gasteiger partial charge in [0.15, 0.2) is 5.82 Å². The highest BCUT2D eigenvalue weighted by atomic mass is 35.5. The Kier molecular flexibility index (Phi) is 5.08. The van der Waals surface area contributed by atoms with Crippen molar-refractivity contribution in [3.8, 4) is 11.5 Å². The number of rotatable bonds is 5. The number of halogens is 1. The Balaban J connectivity index is 1.91. The second kappa shape index (κ2) is 7.43. The molecule has 3 aromatic rings. The van der Waals surface area contributed by atoms with Crippen molar-refractivity contribution in [1.29, 1.82) is 0 Å². The molecule has 3 nitrogen and oxygen atoms in total. The van der Waals surface area contributed by atoms with Crippen LogP contribution < -0.4 is 0 Å². The fourth-order valence-corrected chi connectivity index (χ4v) is 3.00. The maximum absolute atomic E-state index is 5.92. The fraction of sp³-hybridized carbons (Fsp3) is 0. The smallest absolute Gasteiger partial charge is 0.178 e. The molecule has 1 aromatic carbocycles. The molecule has 5 heteroatoms. The largest absolute Gasteiger partial charge is 0.238 e. The van der Waals surface area contributed by atoms with Gasteiger partial charge in [0.25, 0.3) is 0 Å². The molecule has 0 N–H and O–H groups in total. The highest BCUT2D eigenvalue weighted by molar-refractivity contribution is 7.99. The van der Waals surface area contributed by atoms with Gasteiger partial charge in [-0.25, -0.2) is 15.0 Å². The summed E-state index contributed by atoms with van der Waals surface area (Å²) in [5, 5.41) is 1.58. The van der Waals surface area contributed by atoms with Crippen molar-refractivity contribution in [2.24, 2.45) is 0 Å². The van der Waals surface area contributed by atoms with E-state index in [2.05, 4.69) is 28.1 Å². The second-order valence-corrected chi connectivity index (χ2v) is 6.39. The van der Waals surface area contributed by atoms with Crippen LogP contribution in [0.3, 0.4) is 0 Å². The Morgan fingerprint density at radius 1 is 0.958 bits per heavy atom. The quantitative estimate of drug-likeness (QED) is 0.597. The summed E-state index contributed by atoms with van der Waals surface area (Å²) in [6.07, 6.45) is 5.13. The number of hydrogen-bond donors (Lipinski definition) is 0. The van der Waals surface area contributed by atoms with E-state index >= 15 is 0 Å². The Hall–Kier alpha value is -2.43. The summed E-state index contributed by atoms with van der Waals surface area (Å²) < 4.78 is 0. The number of hydrogen-bond acceptors (Lipinski definition) is 4. The zero-order valence-electron chi connectivity index (χ0n) is 12.8. The molecule has 0 saturated heterocycles. The van der Waals surface area contributed by atoms with Crippen LogP contribution in [-0.4, -0.2) is 15.0 Å². The molecular formula is C19H14ClN3S. The average molecular weight is 352 g/mol. The predicted molar refractivity (Wildman–Crippen MR) is 101 cm³/mol. The van der Waals surface area contributed by atoms with Crippen molar-refractivity contribution in [1.82, 2.24) is 15.0 Å². The standard InChI is InChI=1S/C19H14ClN3S/c1-3-13-12-21-19(23-16(13)4-2)17-6-5-7-18(22-17)24-15-10-8-14(20)9-11-15/h3-12H,1-2H2. The lowest BCUT2D eigenvalue weighted by Gasteiger charge is -2.06. The summed E-state index contributed by atoms with van der Waals surface area (Å²) in [5.74, 6) is 0.564. The summed E-state index contributed by atoms with van der Waals surface area (Å²) in [7, 11) is 0. The van der Waals surface area contributed by atoms with E-state index in [1.165, 1.54) is 0 Å². The second-order valence-electron chi connectivity index (χ2n) is 4.86. The van der Waals surface area contributed by atoms with Gasteiger partial charge < -0.3 is 0 Å². The fourth-order valence-electron chi connectivity index (χ4n) is 2.07. The third kappa shape index (κ3) is 3.72. The first kappa shape index (κ1) is 16.4. The Labute approximate surface area is 150 Å². The molecule has 0 aliphatic heterocycles. The topological polar surface area (TPSA) is 38.7 Å². The lowest BCUT2D eigenvalue weighted by atomic mass is 10.2. The first-order valence-electron chi connectivity index (χ1n) is 7.22. The summed E-state index contributed by atoms with van der Waals surface area (Å²) in [5.41, 5.74) is 2.31. The van der Waals surface area contributed by atoms with Crippen LogP contribution in [0.1, 0.15) is 11.3 Å². The van der Waals surface area contributed by atoms with Crippen molar-refractivity contribution in [2.45, 2.75) is 9.92 Å². The number of nitrogens with zero attached hydrogens (tertiary/aromatic N) is 3. The average Bonchev–Trinajstić information content (AvgIpc) is 2.63. The minimum absolute atomic E-state index is 0.564. The molecule has 2 aromatic heterocycles. The lowest BCUT2D eigenvalue weighted by molar-refractivity contribution is 1.07. The molecule has 2 heterocycles. The SMILES string of the molecule is C=Cc1cnc(-c2cccc(Sc3ccc(Cl)cc3)n2)nc1C=C. The van der Waals surface area contributed by atoms with E-state index in [1.54, 1.807) is 30.1 Å². The normalized spacial score (nSPS) is 10.4. The minimum atomic E-state index is 0.564. The van der Waals surface area contributed by atoms with Gasteiger partial charge in [-0.2, -0.15) is 0 Å². The third-order valence-corrected chi connectivity index (χ3v) is 4.45. The Bertz CT molecular complexity index is 891. The van der Waals surface area contributed by atoms with Gasteiger partial charge in [-0.05, 0) is 42.5 Å². The lowest BCUT2D eigenvalue weighted by Crippen LogP contribution is -1.96. The van der Waals surface area contributed by atoms with E-state index < -0.39 is 0 Å². The monoisotopic (exact) mass is 351 g/mol. The summed E-state index contributed by atoms with van der Waals surface area (Å²) >= 11 is 7.48. The van der Waals surface area contributed by atoms with Crippen molar-refractivity contribution in [3.05, 3.63) is 78.1 Å². The molecule has 0 radical (unpaired) electrons. The number of pyridine rings is 1. The first-order valence-corrected chi connectivity index (χ1v) is 8.42. The van der Waals surface area contributed by atoms with E-state index in [-0.39, 0.29) is 0 Å². The van der Waals surface area contributed by atoms with Gasteiger partial charge >= 0.3 is 0 Å². The van der Waals surface area contributed by atoms with Crippen LogP contribution in [0.2, 0.25) is 5.02 Å². The van der Waals surface area contributed by atoms with Crippen LogP contribution >= 0.6 is 23.4 Å². The maximum atomic E-state index is 5.92. The van der Waals surface area contributed by atoms with E-state index in [0.717, 1.165) is 21.2 Å².